The van der Waals surface area contributed by atoms with Crippen molar-refractivity contribution in [1.82, 2.24) is 10.2 Å². The number of methoxy groups -OCH3 is 1. The van der Waals surface area contributed by atoms with Crippen LogP contribution in [0.5, 0.6) is 5.75 Å². The molecular weight excluding hydrogens is 454 g/mol. The van der Waals surface area contributed by atoms with Gasteiger partial charge in [-0.25, -0.2) is 9.69 Å². The molecule has 3 heterocycles. The molecule has 5 rings (SSSR count). The molecule has 0 bridgehead atoms. The Balaban J connectivity index is 1.65. The lowest BCUT2D eigenvalue weighted by Gasteiger charge is -2.55. The molecular formula is C24H25N5O6. The van der Waals surface area contributed by atoms with Crippen LogP contribution in [0.15, 0.2) is 42.5 Å². The average Bonchev–Trinajstić information content (AvgIpc) is 2.87. The predicted octanol–water partition coefficient (Wildman–Crippen LogP) is 1.94. The molecule has 2 unspecified atom stereocenters. The van der Waals surface area contributed by atoms with Crippen molar-refractivity contribution in [2.24, 2.45) is 5.41 Å². The van der Waals surface area contributed by atoms with E-state index in [2.05, 4.69) is 10.2 Å². The van der Waals surface area contributed by atoms with E-state index in [-0.39, 0.29) is 12.1 Å². The molecule has 4 amide bonds. The summed E-state index contributed by atoms with van der Waals surface area (Å²) in [5.74, 6) is -0.760. The Kier molecular flexibility index (Phi) is 5.43. The Morgan fingerprint density at radius 2 is 1.89 bits per heavy atom. The maximum Gasteiger partial charge on any atom is 0.335 e. The Morgan fingerprint density at radius 1 is 1.14 bits per heavy atom. The molecule has 0 saturated carbocycles. The predicted molar refractivity (Wildman–Crippen MR) is 127 cm³/mol. The topological polar surface area (TPSA) is 125 Å². The smallest absolute Gasteiger partial charge is 0.335 e. The number of hydrogen-bond donors (Lipinski definition) is 1. The number of benzene rings is 2. The van der Waals surface area contributed by atoms with Gasteiger partial charge in [0.2, 0.25) is 5.91 Å². The number of hydrogen-bond acceptors (Lipinski definition) is 8. The second-order valence-electron chi connectivity index (χ2n) is 8.92. The van der Waals surface area contributed by atoms with Gasteiger partial charge in [0.25, 0.3) is 11.6 Å². The Labute approximate surface area is 201 Å². The standard InChI is InChI=1S/C24H25N5O6/c1-3-26-10-11-27-19-9-6-17(29(33)34)12-15(19)13-24(20(27)14-26)21(30)25-23(32)28(22(24)31)16-4-7-18(35-2)8-5-16/h4-9,12,20H,3,10-11,13-14H2,1-2H3,(H,25,30,32). The fourth-order valence-electron chi connectivity index (χ4n) is 5.43. The molecule has 0 aromatic heterocycles. The summed E-state index contributed by atoms with van der Waals surface area (Å²) in [5.41, 5.74) is -0.136. The van der Waals surface area contributed by atoms with Gasteiger partial charge in [-0.3, -0.25) is 29.9 Å². The first-order valence-electron chi connectivity index (χ1n) is 11.4. The normalized spacial score (nSPS) is 24.2. The van der Waals surface area contributed by atoms with Gasteiger partial charge in [0.05, 0.1) is 23.8 Å². The third kappa shape index (κ3) is 3.42. The zero-order chi connectivity index (χ0) is 24.9. The van der Waals surface area contributed by atoms with Gasteiger partial charge >= 0.3 is 6.03 Å². The number of amides is 4. The number of likely N-dealkylation sites (N-methyl/N-ethyl adjacent to an activating group) is 1. The van der Waals surface area contributed by atoms with Crippen LogP contribution in [0.1, 0.15) is 12.5 Å². The molecule has 11 nitrogen and oxygen atoms in total. The van der Waals surface area contributed by atoms with E-state index >= 15 is 0 Å². The highest BCUT2D eigenvalue weighted by molar-refractivity contribution is 6.30. The number of rotatable bonds is 4. The number of carbonyl (C=O) groups excluding carboxylic acids is 3. The van der Waals surface area contributed by atoms with Crippen molar-refractivity contribution >= 4 is 34.9 Å². The summed E-state index contributed by atoms with van der Waals surface area (Å²) in [6.45, 7) is 4.46. The van der Waals surface area contributed by atoms with Gasteiger partial charge in [0, 0.05) is 43.9 Å². The molecule has 1 spiro atoms. The minimum Gasteiger partial charge on any atom is -0.497 e. The number of ether oxygens (including phenoxy) is 1. The van der Waals surface area contributed by atoms with Crippen molar-refractivity contribution < 1.29 is 24.0 Å². The van der Waals surface area contributed by atoms with Crippen LogP contribution in [0.2, 0.25) is 0 Å². The summed E-state index contributed by atoms with van der Waals surface area (Å²) in [6.07, 6.45) is -0.0483. The molecule has 0 radical (unpaired) electrons. The zero-order valence-electron chi connectivity index (χ0n) is 19.4. The number of imide groups is 2. The fraction of sp³-hybridized carbons (Fsp3) is 0.375. The van der Waals surface area contributed by atoms with Crippen molar-refractivity contribution in [3.05, 3.63) is 58.1 Å². The Hall–Kier alpha value is -3.99. The number of barbiturate groups is 1. The number of nitrogens with zero attached hydrogens (tertiary/aromatic N) is 4. The lowest BCUT2D eigenvalue weighted by molar-refractivity contribution is -0.384. The van der Waals surface area contributed by atoms with Gasteiger partial charge in [-0.15, -0.1) is 0 Å². The van der Waals surface area contributed by atoms with Crippen LogP contribution < -0.4 is 19.9 Å². The van der Waals surface area contributed by atoms with E-state index in [9.17, 15) is 24.5 Å². The Morgan fingerprint density at radius 3 is 2.54 bits per heavy atom. The summed E-state index contributed by atoms with van der Waals surface area (Å²) >= 11 is 0. The van der Waals surface area contributed by atoms with Gasteiger partial charge in [0.1, 0.15) is 5.75 Å². The van der Waals surface area contributed by atoms with E-state index in [1.54, 1.807) is 30.3 Å². The van der Waals surface area contributed by atoms with Crippen LogP contribution in [-0.4, -0.2) is 67.0 Å². The van der Waals surface area contributed by atoms with E-state index in [1.165, 1.54) is 19.2 Å². The van der Waals surface area contributed by atoms with E-state index in [4.69, 9.17) is 4.74 Å². The maximum absolute atomic E-state index is 14.2. The number of non-ortho nitro benzene ring substituents is 1. The van der Waals surface area contributed by atoms with Gasteiger partial charge in [0.15, 0.2) is 5.41 Å². The zero-order valence-corrected chi connectivity index (χ0v) is 19.4. The quantitative estimate of drug-likeness (QED) is 0.401. The van der Waals surface area contributed by atoms with Crippen LogP contribution in [-0.2, 0) is 16.0 Å². The van der Waals surface area contributed by atoms with Gasteiger partial charge in [-0.1, -0.05) is 6.92 Å². The molecule has 3 aliphatic heterocycles. The lowest BCUT2D eigenvalue weighted by atomic mass is 9.67. The largest absolute Gasteiger partial charge is 0.497 e. The minimum atomic E-state index is -1.64. The molecule has 2 atom stereocenters. The molecule has 11 heteroatoms. The monoisotopic (exact) mass is 479 g/mol. The SMILES string of the molecule is CCN1CCN2c3ccc([N+](=O)[O-])cc3CC3(C(=O)NC(=O)N(c4ccc(OC)cc4)C3=O)C2C1. The summed E-state index contributed by atoms with van der Waals surface area (Å²) in [5, 5.41) is 13.9. The molecule has 182 valence electrons. The molecule has 35 heavy (non-hydrogen) atoms. The first kappa shape index (κ1) is 22.8. The number of nitro groups is 1. The molecule has 2 fully saturated rings. The number of nitrogens with one attached hydrogen (secondary N) is 1. The molecule has 3 aliphatic rings. The van der Waals surface area contributed by atoms with Crippen molar-refractivity contribution in [3.8, 4) is 5.75 Å². The molecule has 2 aromatic rings. The number of fused-ring (bicyclic) bond motifs is 4. The summed E-state index contributed by atoms with van der Waals surface area (Å²) in [4.78, 5) is 56.8. The van der Waals surface area contributed by atoms with Crippen LogP contribution in [0.4, 0.5) is 21.9 Å². The Bertz CT molecular complexity index is 1230. The minimum absolute atomic E-state index is 0.0483. The molecule has 0 aliphatic carbocycles. The summed E-state index contributed by atoms with van der Waals surface area (Å²) in [7, 11) is 1.51. The van der Waals surface area contributed by atoms with Crippen LogP contribution in [0.25, 0.3) is 0 Å². The summed E-state index contributed by atoms with van der Waals surface area (Å²) in [6, 6.07) is 9.60. The summed E-state index contributed by atoms with van der Waals surface area (Å²) < 4.78 is 5.18. The number of carbonyl (C=O) groups is 3. The second-order valence-corrected chi connectivity index (χ2v) is 8.92. The first-order chi connectivity index (χ1) is 16.8. The third-order valence-electron chi connectivity index (χ3n) is 7.28. The number of urea groups is 1. The van der Waals surface area contributed by atoms with Gasteiger partial charge in [-0.05, 0) is 42.4 Å². The first-order valence-corrected chi connectivity index (χ1v) is 11.4. The van der Waals surface area contributed by atoms with Crippen molar-refractivity contribution in [1.29, 1.82) is 0 Å². The molecule has 1 N–H and O–H groups in total. The highest BCUT2D eigenvalue weighted by Gasteiger charge is 2.63. The van der Waals surface area contributed by atoms with Gasteiger partial charge < -0.3 is 9.64 Å². The van der Waals surface area contributed by atoms with Crippen molar-refractivity contribution in [2.45, 2.75) is 19.4 Å². The number of nitro benzene ring substituents is 1. The highest BCUT2D eigenvalue weighted by atomic mass is 16.6. The van der Waals surface area contributed by atoms with Crippen LogP contribution in [0, 0.1) is 15.5 Å². The van der Waals surface area contributed by atoms with Crippen molar-refractivity contribution in [3.63, 3.8) is 0 Å². The van der Waals surface area contributed by atoms with Crippen molar-refractivity contribution in [2.75, 3.05) is 43.1 Å². The third-order valence-corrected chi connectivity index (χ3v) is 7.28. The lowest BCUT2D eigenvalue weighted by Crippen LogP contribution is -2.75. The van der Waals surface area contributed by atoms with E-state index < -0.39 is 34.2 Å². The fourth-order valence-corrected chi connectivity index (χ4v) is 5.43. The number of piperazine rings is 1. The van der Waals surface area contributed by atoms with E-state index in [1.807, 2.05) is 11.8 Å². The highest BCUT2D eigenvalue weighted by Crippen LogP contribution is 2.47. The number of anilines is 2. The van der Waals surface area contributed by atoms with E-state index in [0.29, 0.717) is 30.1 Å². The van der Waals surface area contributed by atoms with E-state index in [0.717, 1.165) is 23.7 Å². The van der Waals surface area contributed by atoms with Crippen LogP contribution >= 0.6 is 0 Å². The molecule has 2 aromatic carbocycles. The van der Waals surface area contributed by atoms with Gasteiger partial charge in [-0.2, -0.15) is 0 Å². The second kappa shape index (κ2) is 8.35. The average molecular weight is 479 g/mol. The van der Waals surface area contributed by atoms with Crippen LogP contribution in [0.3, 0.4) is 0 Å². The maximum atomic E-state index is 14.2. The molecule has 2 saturated heterocycles.